The number of ether oxygens (including phenoxy) is 1. The van der Waals surface area contributed by atoms with Gasteiger partial charge in [-0.2, -0.15) is 0 Å². The molecule has 0 bridgehead atoms. The minimum Gasteiger partial charge on any atom is -0.465 e. The second-order valence-corrected chi connectivity index (χ2v) is 6.79. The lowest BCUT2D eigenvalue weighted by molar-refractivity contribution is 0.0590. The maximum absolute atomic E-state index is 13.3. The number of carbonyl (C=O) groups is 4. The van der Waals surface area contributed by atoms with Crippen molar-refractivity contribution >= 4 is 23.6 Å². The second kappa shape index (κ2) is 7.79. The van der Waals surface area contributed by atoms with Gasteiger partial charge in [0.1, 0.15) is 5.69 Å². The van der Waals surface area contributed by atoms with Crippen molar-refractivity contribution in [2.75, 3.05) is 13.7 Å². The van der Waals surface area contributed by atoms with Crippen molar-refractivity contribution < 1.29 is 23.9 Å². The van der Waals surface area contributed by atoms with Crippen LogP contribution in [0.2, 0.25) is 0 Å². The lowest BCUT2D eigenvalue weighted by Crippen LogP contribution is -2.38. The summed E-state index contributed by atoms with van der Waals surface area (Å²) >= 11 is 0. The predicted molar refractivity (Wildman–Crippen MR) is 108 cm³/mol. The predicted octanol–water partition coefficient (Wildman–Crippen LogP) is 3.13. The Bertz CT molecular complexity index is 1150. The van der Waals surface area contributed by atoms with E-state index in [9.17, 15) is 19.2 Å². The maximum atomic E-state index is 13.3. The molecule has 4 rings (SSSR count). The summed E-state index contributed by atoms with van der Waals surface area (Å²) in [7, 11) is 1.27. The van der Waals surface area contributed by atoms with E-state index in [1.807, 2.05) is 30.3 Å². The lowest BCUT2D eigenvalue weighted by atomic mass is 10.1. The van der Waals surface area contributed by atoms with Crippen molar-refractivity contribution in [2.45, 2.75) is 6.42 Å². The molecule has 2 aromatic carbocycles. The average Bonchev–Trinajstić information content (AvgIpc) is 3.19. The van der Waals surface area contributed by atoms with Crippen molar-refractivity contribution in [3.63, 3.8) is 0 Å². The van der Waals surface area contributed by atoms with Gasteiger partial charge in [-0.3, -0.25) is 19.3 Å². The van der Waals surface area contributed by atoms with Gasteiger partial charge in [-0.15, -0.1) is 0 Å². The van der Waals surface area contributed by atoms with E-state index in [2.05, 4.69) is 4.74 Å². The summed E-state index contributed by atoms with van der Waals surface area (Å²) in [4.78, 5) is 51.7. The van der Waals surface area contributed by atoms with Crippen LogP contribution in [0, 0.1) is 0 Å². The van der Waals surface area contributed by atoms with Crippen LogP contribution in [-0.2, 0) is 4.74 Å². The molecule has 3 aromatic rings. The topological polar surface area (TPSA) is 85.7 Å². The third kappa shape index (κ3) is 3.30. The number of nitrogens with zero attached hydrogens (tertiary/aromatic N) is 2. The maximum Gasteiger partial charge on any atom is 0.337 e. The third-order valence-electron chi connectivity index (χ3n) is 5.03. The smallest absolute Gasteiger partial charge is 0.337 e. The molecule has 2 heterocycles. The van der Waals surface area contributed by atoms with Crippen LogP contribution in [0.1, 0.15) is 48.0 Å². The van der Waals surface area contributed by atoms with Gasteiger partial charge < -0.3 is 9.30 Å². The van der Waals surface area contributed by atoms with Crippen LogP contribution < -0.4 is 0 Å². The van der Waals surface area contributed by atoms with Crippen molar-refractivity contribution in [3.8, 4) is 5.69 Å². The molecule has 0 N–H and O–H groups in total. The Balaban J connectivity index is 1.71. The van der Waals surface area contributed by atoms with Crippen LogP contribution in [0.15, 0.2) is 66.9 Å². The van der Waals surface area contributed by atoms with E-state index >= 15 is 0 Å². The molecule has 7 heteroatoms. The van der Waals surface area contributed by atoms with Gasteiger partial charge in [0, 0.05) is 36.0 Å². The van der Waals surface area contributed by atoms with Gasteiger partial charge >= 0.3 is 5.97 Å². The van der Waals surface area contributed by atoms with E-state index in [0.29, 0.717) is 11.1 Å². The first-order chi connectivity index (χ1) is 14.5. The summed E-state index contributed by atoms with van der Waals surface area (Å²) in [5.74, 6) is -1.77. The Morgan fingerprint density at radius 2 is 1.57 bits per heavy atom. The van der Waals surface area contributed by atoms with Gasteiger partial charge in [-0.25, -0.2) is 4.79 Å². The van der Waals surface area contributed by atoms with Crippen LogP contribution in [0.25, 0.3) is 5.69 Å². The Morgan fingerprint density at radius 1 is 0.900 bits per heavy atom. The molecular formula is C23H18N2O5. The van der Waals surface area contributed by atoms with Crippen molar-refractivity contribution in [1.82, 2.24) is 9.47 Å². The Kier molecular flexibility index (Phi) is 5.02. The molecule has 0 unspecified atom stereocenters. The summed E-state index contributed by atoms with van der Waals surface area (Å²) in [5.41, 5.74) is 1.73. The van der Waals surface area contributed by atoms with Crippen LogP contribution in [0.4, 0.5) is 0 Å². The number of amides is 2. The number of para-hydroxylation sites is 1. The normalized spacial score (nSPS) is 13.6. The molecule has 0 saturated carbocycles. The molecular weight excluding hydrogens is 384 g/mol. The molecule has 30 heavy (non-hydrogen) atoms. The highest BCUT2D eigenvalue weighted by molar-refractivity contribution is 6.16. The monoisotopic (exact) mass is 402 g/mol. The summed E-state index contributed by atoms with van der Waals surface area (Å²) < 4.78 is 6.28. The van der Waals surface area contributed by atoms with E-state index in [1.165, 1.54) is 31.4 Å². The van der Waals surface area contributed by atoms with Gasteiger partial charge in [-0.1, -0.05) is 18.2 Å². The lowest BCUT2D eigenvalue weighted by Gasteiger charge is -2.20. The molecule has 2 amide bonds. The van der Waals surface area contributed by atoms with E-state index in [0.717, 1.165) is 10.6 Å². The molecule has 0 radical (unpaired) electrons. The fourth-order valence-corrected chi connectivity index (χ4v) is 3.47. The molecule has 0 spiro atoms. The van der Waals surface area contributed by atoms with Crippen LogP contribution in [-0.4, -0.2) is 46.7 Å². The highest BCUT2D eigenvalue weighted by Crippen LogP contribution is 2.25. The molecule has 0 aliphatic carbocycles. The van der Waals surface area contributed by atoms with Crippen molar-refractivity contribution in [1.29, 1.82) is 0 Å². The van der Waals surface area contributed by atoms with Gasteiger partial charge in [-0.05, 0) is 42.5 Å². The Morgan fingerprint density at radius 3 is 2.23 bits per heavy atom. The number of methoxy groups -OCH3 is 1. The van der Waals surface area contributed by atoms with Crippen LogP contribution in [0.5, 0.6) is 0 Å². The average molecular weight is 402 g/mol. The van der Waals surface area contributed by atoms with Gasteiger partial charge in [0.15, 0.2) is 5.78 Å². The Hall–Kier alpha value is -4.00. The number of esters is 1. The van der Waals surface area contributed by atoms with E-state index in [4.69, 9.17) is 0 Å². The summed E-state index contributed by atoms with van der Waals surface area (Å²) in [6, 6.07) is 16.6. The largest absolute Gasteiger partial charge is 0.465 e. The summed E-state index contributed by atoms with van der Waals surface area (Å²) in [6.45, 7) is -0.0152. The molecule has 1 aromatic heterocycles. The number of aromatic nitrogens is 1. The molecule has 0 saturated heterocycles. The number of imide groups is 1. The first-order valence-electron chi connectivity index (χ1n) is 9.36. The molecule has 0 atom stereocenters. The second-order valence-electron chi connectivity index (χ2n) is 6.79. The SMILES string of the molecule is COC(=O)c1ccc(C(=O)N2CCC(=O)c3ccn(-c4ccccc4)c3C2=O)cc1. The van der Waals surface area contributed by atoms with Gasteiger partial charge in [0.05, 0.1) is 12.7 Å². The van der Waals surface area contributed by atoms with Crippen LogP contribution >= 0.6 is 0 Å². The number of hydrogen-bond acceptors (Lipinski definition) is 5. The number of carbonyl (C=O) groups excluding carboxylic acids is 4. The highest BCUT2D eigenvalue weighted by atomic mass is 16.5. The van der Waals surface area contributed by atoms with E-state index in [-0.39, 0.29) is 30.0 Å². The molecule has 0 fully saturated rings. The van der Waals surface area contributed by atoms with Crippen LogP contribution in [0.3, 0.4) is 0 Å². The third-order valence-corrected chi connectivity index (χ3v) is 5.03. The number of hydrogen-bond donors (Lipinski definition) is 0. The van der Waals surface area contributed by atoms with Crippen molar-refractivity contribution in [2.24, 2.45) is 0 Å². The number of fused-ring (bicyclic) bond motifs is 1. The number of rotatable bonds is 3. The molecule has 7 nitrogen and oxygen atoms in total. The number of benzene rings is 2. The number of ketones is 1. The fourth-order valence-electron chi connectivity index (χ4n) is 3.47. The zero-order chi connectivity index (χ0) is 21.3. The van der Waals surface area contributed by atoms with Crippen molar-refractivity contribution in [3.05, 3.63) is 89.2 Å². The van der Waals surface area contributed by atoms with E-state index < -0.39 is 17.8 Å². The zero-order valence-corrected chi connectivity index (χ0v) is 16.2. The molecule has 1 aliphatic heterocycles. The summed E-state index contributed by atoms with van der Waals surface area (Å²) in [6.07, 6.45) is 1.71. The Labute approximate surface area is 172 Å². The molecule has 1 aliphatic rings. The highest BCUT2D eigenvalue weighted by Gasteiger charge is 2.34. The minimum absolute atomic E-state index is 0.0152. The summed E-state index contributed by atoms with van der Waals surface area (Å²) in [5, 5.41) is 0. The number of Topliss-reactive ketones (excluding diaryl/α,β-unsaturated/α-hetero) is 1. The fraction of sp³-hybridized carbons (Fsp3) is 0.130. The van der Waals surface area contributed by atoms with Gasteiger partial charge in [0.25, 0.3) is 11.8 Å². The first-order valence-corrected chi connectivity index (χ1v) is 9.36. The quantitative estimate of drug-likeness (QED) is 0.496. The first kappa shape index (κ1) is 19.3. The van der Waals surface area contributed by atoms with E-state index in [1.54, 1.807) is 16.8 Å². The molecule has 150 valence electrons. The standard InChI is InChI=1S/C23H18N2O5/c1-30-23(29)16-9-7-15(8-10-16)21(27)25-14-12-19(26)18-11-13-24(20(18)22(25)28)17-5-3-2-4-6-17/h2-11,13H,12,14H2,1H3. The zero-order valence-electron chi connectivity index (χ0n) is 16.2. The van der Waals surface area contributed by atoms with Gasteiger partial charge in [0.2, 0.25) is 0 Å². The minimum atomic E-state index is -0.535.